The van der Waals surface area contributed by atoms with Gasteiger partial charge in [-0.15, -0.1) is 0 Å². The Morgan fingerprint density at radius 1 is 1.23 bits per heavy atom. The normalized spacial score (nSPS) is 21.0. The van der Waals surface area contributed by atoms with E-state index in [4.69, 9.17) is 16.3 Å². The maximum atomic E-state index is 5.99. The summed E-state index contributed by atoms with van der Waals surface area (Å²) in [6.45, 7) is 5.86. The van der Waals surface area contributed by atoms with Crippen molar-refractivity contribution in [2.45, 2.75) is 37.8 Å². The van der Waals surface area contributed by atoms with E-state index in [0.717, 1.165) is 50.1 Å². The Morgan fingerprint density at radius 2 is 1.88 bits per heavy atom. The van der Waals surface area contributed by atoms with Crippen LogP contribution in [0.15, 0.2) is 29.3 Å². The maximum Gasteiger partial charge on any atom is 0.193 e. The molecule has 5 nitrogen and oxygen atoms in total. The predicted molar refractivity (Wildman–Crippen MR) is 108 cm³/mol. The number of aliphatic imine (C=N–C) groups is 1. The van der Waals surface area contributed by atoms with Gasteiger partial charge in [0.2, 0.25) is 0 Å². The van der Waals surface area contributed by atoms with Crippen LogP contribution in [0.25, 0.3) is 0 Å². The first-order valence-corrected chi connectivity index (χ1v) is 10.00. The molecule has 0 radical (unpaired) electrons. The third-order valence-corrected chi connectivity index (χ3v) is 5.93. The molecule has 1 aromatic rings. The van der Waals surface area contributed by atoms with Crippen molar-refractivity contribution in [3.05, 3.63) is 34.9 Å². The Labute approximate surface area is 162 Å². The number of likely N-dealkylation sites (tertiary alicyclic amines) is 1. The highest BCUT2D eigenvalue weighted by molar-refractivity contribution is 6.30. The van der Waals surface area contributed by atoms with Crippen molar-refractivity contribution in [1.82, 2.24) is 15.1 Å². The van der Waals surface area contributed by atoms with E-state index < -0.39 is 0 Å². The molecule has 0 aromatic heterocycles. The molecule has 0 spiro atoms. The lowest BCUT2D eigenvalue weighted by Gasteiger charge is -2.45. The Kier molecular flexibility index (Phi) is 6.79. The number of halogens is 1. The first-order valence-electron chi connectivity index (χ1n) is 9.62. The topological polar surface area (TPSA) is 40.1 Å². The molecule has 2 saturated heterocycles. The first kappa shape index (κ1) is 19.5. The minimum absolute atomic E-state index is 0.200. The molecule has 0 aliphatic carbocycles. The third-order valence-electron chi connectivity index (χ3n) is 5.68. The van der Waals surface area contributed by atoms with Crippen molar-refractivity contribution in [2.75, 3.05) is 46.9 Å². The van der Waals surface area contributed by atoms with Gasteiger partial charge in [-0.05, 0) is 56.5 Å². The van der Waals surface area contributed by atoms with Crippen LogP contribution in [0.3, 0.4) is 0 Å². The lowest BCUT2D eigenvalue weighted by Crippen LogP contribution is -2.58. The second-order valence-electron chi connectivity index (χ2n) is 7.41. The molecule has 1 N–H and O–H groups in total. The van der Waals surface area contributed by atoms with Crippen LogP contribution in [0, 0.1) is 0 Å². The number of nitrogens with one attached hydrogen (secondary N) is 1. The highest BCUT2D eigenvalue weighted by Gasteiger charge is 2.39. The summed E-state index contributed by atoms with van der Waals surface area (Å²) in [4.78, 5) is 9.34. The largest absolute Gasteiger partial charge is 0.381 e. The number of hydrogen-bond donors (Lipinski definition) is 1. The molecular formula is C20H31ClN4O. The van der Waals surface area contributed by atoms with Gasteiger partial charge in [0, 0.05) is 51.0 Å². The fourth-order valence-corrected chi connectivity index (χ4v) is 4.24. The summed E-state index contributed by atoms with van der Waals surface area (Å²) in [5, 5.41) is 4.41. The molecule has 0 amide bonds. The second-order valence-corrected chi connectivity index (χ2v) is 7.85. The smallest absolute Gasteiger partial charge is 0.193 e. The van der Waals surface area contributed by atoms with E-state index in [0.29, 0.717) is 0 Å². The molecule has 2 fully saturated rings. The zero-order valence-corrected chi connectivity index (χ0v) is 16.8. The van der Waals surface area contributed by atoms with Crippen LogP contribution in [-0.4, -0.2) is 68.2 Å². The minimum atomic E-state index is 0.200. The zero-order chi connectivity index (χ0) is 18.4. The summed E-state index contributed by atoms with van der Waals surface area (Å²) in [5.41, 5.74) is 1.42. The number of rotatable bonds is 5. The van der Waals surface area contributed by atoms with E-state index in [9.17, 15) is 0 Å². The highest BCUT2D eigenvalue weighted by atomic mass is 35.5. The van der Waals surface area contributed by atoms with Crippen LogP contribution in [0.2, 0.25) is 5.02 Å². The van der Waals surface area contributed by atoms with Crippen molar-refractivity contribution in [3.63, 3.8) is 0 Å². The molecule has 1 aromatic carbocycles. The van der Waals surface area contributed by atoms with Crippen LogP contribution >= 0.6 is 11.6 Å². The summed E-state index contributed by atoms with van der Waals surface area (Å²) in [6, 6.07) is 8.00. The fraction of sp³-hybridized carbons (Fsp3) is 0.650. The number of nitrogens with zero attached hydrogens (tertiary/aromatic N) is 3. The molecule has 6 heteroatoms. The molecule has 0 saturated carbocycles. The monoisotopic (exact) mass is 378 g/mol. The Bertz CT molecular complexity index is 592. The fourth-order valence-electron chi connectivity index (χ4n) is 4.11. The molecule has 0 unspecified atom stereocenters. The van der Waals surface area contributed by atoms with E-state index in [-0.39, 0.29) is 5.54 Å². The second kappa shape index (κ2) is 9.07. The van der Waals surface area contributed by atoms with Crippen molar-refractivity contribution in [1.29, 1.82) is 0 Å². The van der Waals surface area contributed by atoms with Gasteiger partial charge in [0.15, 0.2) is 5.96 Å². The maximum absolute atomic E-state index is 5.99. The summed E-state index contributed by atoms with van der Waals surface area (Å²) in [6.07, 6.45) is 4.82. The Balaban J connectivity index is 1.61. The first-order chi connectivity index (χ1) is 12.6. The van der Waals surface area contributed by atoms with Gasteiger partial charge in [0.05, 0.1) is 0 Å². The van der Waals surface area contributed by atoms with E-state index in [1.165, 1.54) is 31.5 Å². The van der Waals surface area contributed by atoms with Gasteiger partial charge in [-0.1, -0.05) is 23.7 Å². The SMILES string of the molecule is CN=C(NCC1(N2CCCC2)CCOCC1)N(C)Cc1ccc(Cl)cc1. The molecule has 26 heavy (non-hydrogen) atoms. The molecule has 2 aliphatic heterocycles. The molecular weight excluding hydrogens is 348 g/mol. The van der Waals surface area contributed by atoms with Crippen molar-refractivity contribution in [2.24, 2.45) is 4.99 Å². The molecule has 3 rings (SSSR count). The van der Waals surface area contributed by atoms with Crippen LogP contribution in [0.5, 0.6) is 0 Å². The lowest BCUT2D eigenvalue weighted by atomic mass is 9.88. The van der Waals surface area contributed by atoms with Crippen molar-refractivity contribution >= 4 is 17.6 Å². The van der Waals surface area contributed by atoms with Gasteiger partial charge in [-0.2, -0.15) is 0 Å². The van der Waals surface area contributed by atoms with Crippen LogP contribution < -0.4 is 5.32 Å². The Hall–Kier alpha value is -1.30. The van der Waals surface area contributed by atoms with Crippen LogP contribution in [0.4, 0.5) is 0 Å². The third kappa shape index (κ3) is 4.70. The molecule has 0 atom stereocenters. The summed E-state index contributed by atoms with van der Waals surface area (Å²) in [5.74, 6) is 0.935. The minimum Gasteiger partial charge on any atom is -0.381 e. The molecule has 0 bridgehead atoms. The summed E-state index contributed by atoms with van der Waals surface area (Å²) in [7, 11) is 3.93. The van der Waals surface area contributed by atoms with E-state index in [1.54, 1.807) is 0 Å². The van der Waals surface area contributed by atoms with Crippen molar-refractivity contribution < 1.29 is 4.74 Å². The Morgan fingerprint density at radius 3 is 2.50 bits per heavy atom. The van der Waals surface area contributed by atoms with E-state index in [2.05, 4.69) is 39.3 Å². The average Bonchev–Trinajstić information content (AvgIpc) is 3.20. The molecule has 2 aliphatic rings. The van der Waals surface area contributed by atoms with E-state index >= 15 is 0 Å². The van der Waals surface area contributed by atoms with Gasteiger partial charge in [0.1, 0.15) is 0 Å². The van der Waals surface area contributed by atoms with Gasteiger partial charge in [-0.25, -0.2) is 0 Å². The lowest BCUT2D eigenvalue weighted by molar-refractivity contribution is -0.0166. The van der Waals surface area contributed by atoms with Crippen molar-refractivity contribution in [3.8, 4) is 0 Å². The predicted octanol–water partition coefficient (Wildman–Crippen LogP) is 2.99. The zero-order valence-electron chi connectivity index (χ0n) is 16.0. The summed E-state index contributed by atoms with van der Waals surface area (Å²) < 4.78 is 5.65. The van der Waals surface area contributed by atoms with Gasteiger partial charge < -0.3 is 15.0 Å². The highest BCUT2D eigenvalue weighted by Crippen LogP contribution is 2.30. The van der Waals surface area contributed by atoms with Gasteiger partial charge in [-0.3, -0.25) is 9.89 Å². The van der Waals surface area contributed by atoms with Crippen LogP contribution in [-0.2, 0) is 11.3 Å². The molecule has 144 valence electrons. The number of guanidine groups is 1. The number of hydrogen-bond acceptors (Lipinski definition) is 3. The van der Waals surface area contributed by atoms with Gasteiger partial charge >= 0.3 is 0 Å². The van der Waals surface area contributed by atoms with Crippen LogP contribution in [0.1, 0.15) is 31.2 Å². The van der Waals surface area contributed by atoms with E-state index in [1.807, 2.05) is 19.2 Å². The molecule has 2 heterocycles. The standard InChI is InChI=1S/C20H31ClN4O/c1-22-19(24(2)15-17-5-7-18(21)8-6-17)23-16-20(9-13-26-14-10-20)25-11-3-4-12-25/h5-8H,3-4,9-16H2,1-2H3,(H,22,23). The quantitative estimate of drug-likeness (QED) is 0.631. The number of ether oxygens (including phenoxy) is 1. The number of benzene rings is 1. The average molecular weight is 379 g/mol. The van der Waals surface area contributed by atoms with Gasteiger partial charge in [0.25, 0.3) is 0 Å². The summed E-state index contributed by atoms with van der Waals surface area (Å²) >= 11 is 5.99.